The summed E-state index contributed by atoms with van der Waals surface area (Å²) in [7, 11) is 2.13. The molecule has 4 rings (SSSR count). The summed E-state index contributed by atoms with van der Waals surface area (Å²) >= 11 is 0. The molecule has 188 valence electrons. The van der Waals surface area contributed by atoms with E-state index in [-0.39, 0.29) is 11.9 Å². The monoisotopic (exact) mass is 479 g/mol. The van der Waals surface area contributed by atoms with Gasteiger partial charge in [0.2, 0.25) is 5.91 Å². The first-order valence-corrected chi connectivity index (χ1v) is 12.5. The summed E-state index contributed by atoms with van der Waals surface area (Å²) in [6.07, 6.45) is 2.69. The molecule has 1 aromatic heterocycles. The van der Waals surface area contributed by atoms with E-state index in [1.165, 1.54) is 0 Å². The van der Waals surface area contributed by atoms with Gasteiger partial charge in [-0.3, -0.25) is 9.69 Å². The zero-order chi connectivity index (χ0) is 24.6. The number of amides is 3. The van der Waals surface area contributed by atoms with Crippen molar-refractivity contribution in [2.24, 2.45) is 0 Å². The Morgan fingerprint density at radius 1 is 0.914 bits per heavy atom. The fraction of sp³-hybridized carbons (Fsp3) is 0.500. The number of nitrogens with one attached hydrogen (secondary N) is 2. The molecule has 0 bridgehead atoms. The normalized spacial score (nSPS) is 17.3. The van der Waals surface area contributed by atoms with Crippen LogP contribution in [-0.2, 0) is 17.8 Å². The number of anilines is 2. The van der Waals surface area contributed by atoms with Crippen molar-refractivity contribution in [1.82, 2.24) is 25.0 Å². The van der Waals surface area contributed by atoms with E-state index in [1.807, 2.05) is 47.5 Å². The predicted octanol–water partition coefficient (Wildman–Crippen LogP) is 1.86. The maximum atomic E-state index is 12.8. The van der Waals surface area contributed by atoms with E-state index in [2.05, 4.69) is 44.3 Å². The molecule has 0 radical (unpaired) electrons. The van der Waals surface area contributed by atoms with Crippen molar-refractivity contribution in [1.29, 1.82) is 0 Å². The van der Waals surface area contributed by atoms with Gasteiger partial charge < -0.3 is 25.3 Å². The van der Waals surface area contributed by atoms with E-state index in [0.29, 0.717) is 39.3 Å². The number of carbonyl (C=O) groups excluding carboxylic acids is 2. The first-order valence-electron chi connectivity index (χ1n) is 12.5. The second-order valence-corrected chi connectivity index (χ2v) is 9.26. The maximum Gasteiger partial charge on any atom is 0.317 e. The molecule has 0 atom stereocenters. The van der Waals surface area contributed by atoms with Crippen LogP contribution < -0.4 is 15.5 Å². The van der Waals surface area contributed by atoms with Crippen LogP contribution in [0.1, 0.15) is 18.1 Å². The number of hydrogen-bond donors (Lipinski definition) is 2. The maximum absolute atomic E-state index is 12.8. The molecule has 35 heavy (non-hydrogen) atoms. The average Bonchev–Trinajstić information content (AvgIpc) is 2.88. The molecule has 2 saturated heterocycles. The van der Waals surface area contributed by atoms with E-state index in [1.54, 1.807) is 0 Å². The largest absolute Gasteiger partial charge is 0.354 e. The molecule has 2 aliphatic heterocycles. The van der Waals surface area contributed by atoms with Gasteiger partial charge in [-0.05, 0) is 31.2 Å². The molecule has 2 aromatic rings. The van der Waals surface area contributed by atoms with Gasteiger partial charge in [-0.15, -0.1) is 0 Å². The van der Waals surface area contributed by atoms with E-state index in [4.69, 9.17) is 0 Å². The molecule has 0 aliphatic carbocycles. The number of hydrogen-bond acceptors (Lipinski definition) is 6. The number of nitrogens with zero attached hydrogens (tertiary/aromatic N) is 5. The van der Waals surface area contributed by atoms with Crippen LogP contribution in [0.2, 0.25) is 0 Å². The van der Waals surface area contributed by atoms with E-state index < -0.39 is 0 Å². The van der Waals surface area contributed by atoms with E-state index in [9.17, 15) is 9.59 Å². The number of pyridine rings is 1. The van der Waals surface area contributed by atoms with Gasteiger partial charge in [0.05, 0.1) is 6.54 Å². The highest BCUT2D eigenvalue weighted by molar-refractivity contribution is 5.93. The summed E-state index contributed by atoms with van der Waals surface area (Å²) in [6, 6.07) is 11.8. The number of para-hydroxylation sites is 1. The number of aromatic nitrogens is 1. The molecule has 2 fully saturated rings. The Morgan fingerprint density at radius 3 is 2.37 bits per heavy atom. The molecule has 2 N–H and O–H groups in total. The summed E-state index contributed by atoms with van der Waals surface area (Å²) < 4.78 is 0. The van der Waals surface area contributed by atoms with Gasteiger partial charge >= 0.3 is 6.03 Å². The summed E-state index contributed by atoms with van der Waals surface area (Å²) in [5.41, 5.74) is 3.05. The first kappa shape index (κ1) is 24.9. The summed E-state index contributed by atoms with van der Waals surface area (Å²) in [5.74, 6) is 0.943. The van der Waals surface area contributed by atoms with Gasteiger partial charge in [0.25, 0.3) is 0 Å². The fourth-order valence-corrected chi connectivity index (χ4v) is 4.61. The molecular formula is C26H37N7O2. The molecular weight excluding hydrogens is 442 g/mol. The SMILES string of the molecule is CCc1ccccc1NC(=O)CN1CCN(C(=O)NCc2cccnc2N2CCN(C)CC2)CC1. The van der Waals surface area contributed by atoms with Crippen molar-refractivity contribution in [3.63, 3.8) is 0 Å². The zero-order valence-electron chi connectivity index (χ0n) is 20.9. The van der Waals surface area contributed by atoms with Gasteiger partial charge in [-0.2, -0.15) is 0 Å². The Labute approximate surface area is 208 Å². The van der Waals surface area contributed by atoms with Gasteiger partial charge in [-0.1, -0.05) is 31.2 Å². The quantitative estimate of drug-likeness (QED) is 0.631. The summed E-state index contributed by atoms with van der Waals surface area (Å²) in [5, 5.41) is 6.10. The molecule has 3 amide bonds. The van der Waals surface area contributed by atoms with Crippen LogP contribution in [0.4, 0.5) is 16.3 Å². The molecule has 2 aliphatic rings. The van der Waals surface area contributed by atoms with Gasteiger partial charge in [0.1, 0.15) is 5.82 Å². The highest BCUT2D eigenvalue weighted by Crippen LogP contribution is 2.19. The Morgan fingerprint density at radius 2 is 1.63 bits per heavy atom. The number of piperazine rings is 2. The lowest BCUT2D eigenvalue weighted by Crippen LogP contribution is -2.53. The minimum absolute atomic E-state index is 0.0168. The topological polar surface area (TPSA) is 84.0 Å². The van der Waals surface area contributed by atoms with Crippen LogP contribution in [0, 0.1) is 0 Å². The molecule has 3 heterocycles. The second-order valence-electron chi connectivity index (χ2n) is 9.26. The lowest BCUT2D eigenvalue weighted by atomic mass is 10.1. The fourth-order valence-electron chi connectivity index (χ4n) is 4.61. The lowest BCUT2D eigenvalue weighted by Gasteiger charge is -2.35. The minimum Gasteiger partial charge on any atom is -0.354 e. The third-order valence-corrected chi connectivity index (χ3v) is 6.80. The second kappa shape index (κ2) is 12.0. The van der Waals surface area contributed by atoms with Crippen molar-refractivity contribution in [3.05, 3.63) is 53.7 Å². The standard InChI is InChI=1S/C26H37N7O2/c1-3-21-7-4-5-9-23(21)29-24(34)20-31-13-17-33(18-14-31)26(35)28-19-22-8-6-10-27-25(22)32-15-11-30(2)12-16-32/h4-10H,3,11-20H2,1-2H3,(H,28,35)(H,29,34). The van der Waals surface area contributed by atoms with Crippen LogP contribution >= 0.6 is 0 Å². The Hall–Kier alpha value is -3.17. The number of carbonyl (C=O) groups is 2. The first-order chi connectivity index (χ1) is 17.0. The van der Waals surface area contributed by atoms with E-state index in [0.717, 1.165) is 55.2 Å². The van der Waals surface area contributed by atoms with Crippen molar-refractivity contribution in [3.8, 4) is 0 Å². The average molecular weight is 480 g/mol. The van der Waals surface area contributed by atoms with Crippen molar-refractivity contribution >= 4 is 23.4 Å². The zero-order valence-corrected chi connectivity index (χ0v) is 20.9. The van der Waals surface area contributed by atoms with Crippen molar-refractivity contribution < 1.29 is 9.59 Å². The van der Waals surface area contributed by atoms with E-state index >= 15 is 0 Å². The Balaban J connectivity index is 1.22. The molecule has 1 aromatic carbocycles. The summed E-state index contributed by atoms with van der Waals surface area (Å²) in [6.45, 7) is 9.31. The van der Waals surface area contributed by atoms with Crippen LogP contribution in [0.25, 0.3) is 0 Å². The number of rotatable bonds is 7. The number of benzene rings is 1. The van der Waals surface area contributed by atoms with Crippen molar-refractivity contribution in [2.75, 3.05) is 76.2 Å². The van der Waals surface area contributed by atoms with Gasteiger partial charge in [0, 0.05) is 76.4 Å². The number of urea groups is 1. The Kier molecular flexibility index (Phi) is 8.54. The number of aryl methyl sites for hydroxylation is 1. The van der Waals surface area contributed by atoms with Crippen LogP contribution in [-0.4, -0.2) is 97.6 Å². The van der Waals surface area contributed by atoms with Gasteiger partial charge in [-0.25, -0.2) is 9.78 Å². The Bertz CT molecular complexity index is 999. The molecule has 9 nitrogen and oxygen atoms in total. The summed E-state index contributed by atoms with van der Waals surface area (Å²) in [4.78, 5) is 38.5. The number of likely N-dealkylation sites (N-methyl/N-ethyl adjacent to an activating group) is 1. The van der Waals surface area contributed by atoms with Gasteiger partial charge in [0.15, 0.2) is 0 Å². The van der Waals surface area contributed by atoms with Crippen LogP contribution in [0.3, 0.4) is 0 Å². The molecule has 0 spiro atoms. The minimum atomic E-state index is -0.0702. The smallest absolute Gasteiger partial charge is 0.317 e. The molecule has 9 heteroatoms. The van der Waals surface area contributed by atoms with Crippen LogP contribution in [0.5, 0.6) is 0 Å². The van der Waals surface area contributed by atoms with Crippen LogP contribution in [0.15, 0.2) is 42.6 Å². The highest BCUT2D eigenvalue weighted by Gasteiger charge is 2.23. The van der Waals surface area contributed by atoms with Crippen molar-refractivity contribution in [2.45, 2.75) is 19.9 Å². The molecule has 0 unspecified atom stereocenters. The predicted molar refractivity (Wildman–Crippen MR) is 139 cm³/mol. The third kappa shape index (κ3) is 6.70. The third-order valence-electron chi connectivity index (χ3n) is 6.80. The molecule has 0 saturated carbocycles. The lowest BCUT2D eigenvalue weighted by molar-refractivity contribution is -0.117. The highest BCUT2D eigenvalue weighted by atomic mass is 16.2.